The van der Waals surface area contributed by atoms with E-state index in [1.54, 1.807) is 0 Å². The molecule has 0 unspecified atom stereocenters. The largest absolute Gasteiger partial charge is 0.126 e. The molecule has 1 rings (SSSR count). The van der Waals surface area contributed by atoms with Gasteiger partial charge in [-0.05, 0) is 18.3 Å². The second-order valence-electron chi connectivity index (χ2n) is 3.22. The zero-order valence-electron chi connectivity index (χ0n) is 6.20. The second kappa shape index (κ2) is 3.30. The van der Waals surface area contributed by atoms with E-state index in [2.05, 4.69) is 5.92 Å². The van der Waals surface area contributed by atoms with Crippen molar-refractivity contribution in [2.45, 2.75) is 32.1 Å². The fraction of sp³-hybridized carbons (Fsp3) is 0.778. The van der Waals surface area contributed by atoms with E-state index in [1.807, 2.05) is 0 Å². The number of halogens is 1. The predicted octanol–water partition coefficient (Wildman–Crippen LogP) is 2.81. The van der Waals surface area contributed by atoms with E-state index in [-0.39, 0.29) is 0 Å². The molecular weight excluding hydrogens is 144 g/mol. The van der Waals surface area contributed by atoms with Crippen molar-refractivity contribution in [1.82, 2.24) is 0 Å². The molecule has 0 bridgehead atoms. The van der Waals surface area contributed by atoms with Crippen LogP contribution in [0.1, 0.15) is 32.1 Å². The number of hydrogen-bond donors (Lipinski definition) is 0. The van der Waals surface area contributed by atoms with Crippen LogP contribution in [0.2, 0.25) is 0 Å². The highest BCUT2D eigenvalue weighted by Crippen LogP contribution is 2.41. The third-order valence-electron chi connectivity index (χ3n) is 2.42. The Hall–Kier alpha value is -0.150. The van der Waals surface area contributed by atoms with Crippen molar-refractivity contribution in [2.24, 2.45) is 5.41 Å². The van der Waals surface area contributed by atoms with Gasteiger partial charge in [-0.1, -0.05) is 12.8 Å². The van der Waals surface area contributed by atoms with Gasteiger partial charge in [0.1, 0.15) is 0 Å². The summed E-state index contributed by atoms with van der Waals surface area (Å²) in [4.78, 5) is 0. The molecule has 0 heterocycles. The molecule has 1 aliphatic carbocycles. The highest BCUT2D eigenvalue weighted by atomic mass is 35.5. The van der Waals surface area contributed by atoms with E-state index >= 15 is 0 Å². The van der Waals surface area contributed by atoms with E-state index in [9.17, 15) is 0 Å². The Labute approximate surface area is 68.0 Å². The number of alkyl halides is 1. The molecule has 0 aromatic carbocycles. The summed E-state index contributed by atoms with van der Waals surface area (Å²) < 4.78 is 0. The van der Waals surface area contributed by atoms with Crippen LogP contribution in [0.3, 0.4) is 0 Å². The Bertz CT molecular complexity index is 137. The first-order valence-corrected chi connectivity index (χ1v) is 4.36. The van der Waals surface area contributed by atoms with Crippen LogP contribution >= 0.6 is 11.6 Å². The number of rotatable bonds is 2. The molecule has 1 fully saturated rings. The minimum Gasteiger partial charge on any atom is -0.126 e. The van der Waals surface area contributed by atoms with Crippen LogP contribution in [0.25, 0.3) is 0 Å². The van der Waals surface area contributed by atoms with Gasteiger partial charge >= 0.3 is 0 Å². The Balaban J connectivity index is 2.51. The van der Waals surface area contributed by atoms with Crippen LogP contribution in [0, 0.1) is 17.8 Å². The molecule has 0 radical (unpaired) electrons. The van der Waals surface area contributed by atoms with Gasteiger partial charge in [0.05, 0.1) is 0 Å². The fourth-order valence-electron chi connectivity index (χ4n) is 1.70. The van der Waals surface area contributed by atoms with Gasteiger partial charge in [-0.25, -0.2) is 0 Å². The summed E-state index contributed by atoms with van der Waals surface area (Å²) in [5.41, 5.74) is 0.316. The van der Waals surface area contributed by atoms with Gasteiger partial charge in [-0.3, -0.25) is 0 Å². The molecule has 0 amide bonds. The maximum Gasteiger partial charge on any atom is 0.0289 e. The smallest absolute Gasteiger partial charge is 0.0289 e. The lowest BCUT2D eigenvalue weighted by Crippen LogP contribution is -2.17. The minimum absolute atomic E-state index is 0.316. The summed E-state index contributed by atoms with van der Waals surface area (Å²) in [6.07, 6.45) is 11.2. The first-order valence-electron chi connectivity index (χ1n) is 3.82. The normalized spacial score (nSPS) is 22.4. The molecule has 1 aliphatic rings. The van der Waals surface area contributed by atoms with Crippen LogP contribution in [0.4, 0.5) is 0 Å². The van der Waals surface area contributed by atoms with E-state index in [4.69, 9.17) is 18.0 Å². The molecule has 1 heteroatoms. The lowest BCUT2D eigenvalue weighted by molar-refractivity contribution is 0.354. The van der Waals surface area contributed by atoms with Gasteiger partial charge in [0.25, 0.3) is 0 Å². The molecule has 0 aromatic rings. The zero-order valence-corrected chi connectivity index (χ0v) is 6.95. The number of hydrogen-bond acceptors (Lipinski definition) is 0. The Morgan fingerprint density at radius 1 is 1.40 bits per heavy atom. The minimum atomic E-state index is 0.316. The van der Waals surface area contributed by atoms with Crippen molar-refractivity contribution in [3.05, 3.63) is 0 Å². The molecule has 56 valence electrons. The highest BCUT2D eigenvalue weighted by molar-refractivity contribution is 6.18. The third kappa shape index (κ3) is 1.47. The van der Waals surface area contributed by atoms with Crippen molar-refractivity contribution in [1.29, 1.82) is 0 Å². The zero-order chi connectivity index (χ0) is 7.45. The first kappa shape index (κ1) is 7.95. The molecule has 0 saturated heterocycles. The van der Waals surface area contributed by atoms with E-state index in [1.165, 1.54) is 25.7 Å². The SMILES string of the molecule is C#CCC1(CCl)CCCC1. The Kier molecular flexibility index (Phi) is 2.63. The Morgan fingerprint density at radius 2 is 2.00 bits per heavy atom. The fourth-order valence-corrected chi connectivity index (χ4v) is 2.06. The summed E-state index contributed by atoms with van der Waals surface area (Å²) >= 11 is 5.85. The van der Waals surface area contributed by atoms with Crippen molar-refractivity contribution in [3.8, 4) is 12.3 Å². The molecule has 0 spiro atoms. The van der Waals surface area contributed by atoms with E-state index in [0.29, 0.717) is 5.41 Å². The number of terminal acetylenes is 1. The maximum atomic E-state index is 5.85. The van der Waals surface area contributed by atoms with Gasteiger partial charge in [0, 0.05) is 12.3 Å². The summed E-state index contributed by atoms with van der Waals surface area (Å²) in [7, 11) is 0. The van der Waals surface area contributed by atoms with Crippen molar-refractivity contribution in [3.63, 3.8) is 0 Å². The third-order valence-corrected chi connectivity index (χ3v) is 2.99. The lowest BCUT2D eigenvalue weighted by atomic mass is 9.85. The quantitative estimate of drug-likeness (QED) is 0.426. The molecule has 0 atom stereocenters. The van der Waals surface area contributed by atoms with Gasteiger partial charge in [-0.2, -0.15) is 0 Å². The van der Waals surface area contributed by atoms with Crippen LogP contribution in [0.5, 0.6) is 0 Å². The van der Waals surface area contributed by atoms with Crippen molar-refractivity contribution < 1.29 is 0 Å². The average molecular weight is 157 g/mol. The summed E-state index contributed by atoms with van der Waals surface area (Å²) in [6, 6.07) is 0. The molecular formula is C9H13Cl. The molecule has 1 saturated carbocycles. The first-order chi connectivity index (χ1) is 4.83. The van der Waals surface area contributed by atoms with E-state index < -0.39 is 0 Å². The Morgan fingerprint density at radius 3 is 2.40 bits per heavy atom. The maximum absolute atomic E-state index is 5.85. The topological polar surface area (TPSA) is 0 Å². The van der Waals surface area contributed by atoms with Gasteiger partial charge in [-0.15, -0.1) is 23.9 Å². The molecule has 0 nitrogen and oxygen atoms in total. The van der Waals surface area contributed by atoms with Gasteiger partial charge in [0.15, 0.2) is 0 Å². The summed E-state index contributed by atoms with van der Waals surface area (Å²) in [6.45, 7) is 0. The summed E-state index contributed by atoms with van der Waals surface area (Å²) in [5, 5.41) is 0. The second-order valence-corrected chi connectivity index (χ2v) is 3.49. The van der Waals surface area contributed by atoms with E-state index in [0.717, 1.165) is 12.3 Å². The highest BCUT2D eigenvalue weighted by Gasteiger charge is 2.31. The monoisotopic (exact) mass is 156 g/mol. The van der Waals surface area contributed by atoms with Crippen LogP contribution in [-0.4, -0.2) is 5.88 Å². The molecule has 0 aliphatic heterocycles. The van der Waals surface area contributed by atoms with Crippen LogP contribution in [-0.2, 0) is 0 Å². The lowest BCUT2D eigenvalue weighted by Gasteiger charge is -2.22. The predicted molar refractivity (Wildman–Crippen MR) is 45.1 cm³/mol. The van der Waals surface area contributed by atoms with Crippen molar-refractivity contribution in [2.75, 3.05) is 5.88 Å². The summed E-state index contributed by atoms with van der Waals surface area (Å²) in [5.74, 6) is 3.46. The molecule has 0 aromatic heterocycles. The van der Waals surface area contributed by atoms with Crippen molar-refractivity contribution >= 4 is 11.6 Å². The van der Waals surface area contributed by atoms with Gasteiger partial charge in [0.2, 0.25) is 0 Å². The van der Waals surface area contributed by atoms with Gasteiger partial charge < -0.3 is 0 Å². The van der Waals surface area contributed by atoms with Crippen LogP contribution < -0.4 is 0 Å². The van der Waals surface area contributed by atoms with Crippen LogP contribution in [0.15, 0.2) is 0 Å². The standard InChI is InChI=1S/C9H13Cl/c1-2-5-9(8-10)6-3-4-7-9/h1H,3-8H2. The average Bonchev–Trinajstić information content (AvgIpc) is 2.39. The molecule has 10 heavy (non-hydrogen) atoms. The molecule has 0 N–H and O–H groups in total.